The van der Waals surface area contributed by atoms with Crippen molar-refractivity contribution in [3.05, 3.63) is 23.8 Å². The second-order valence-electron chi connectivity index (χ2n) is 9.05. The fraction of sp³-hybridized carbons (Fsp3) is 0.714. The monoisotopic (exact) mass is 344 g/mol. The largest absolute Gasteiger partial charge is 0.393 e. The van der Waals surface area contributed by atoms with E-state index >= 15 is 0 Å². The lowest BCUT2D eigenvalue weighted by atomic mass is 9.46. The number of ketones is 2. The van der Waals surface area contributed by atoms with E-state index in [1.807, 2.05) is 6.08 Å². The van der Waals surface area contributed by atoms with Crippen LogP contribution in [0.25, 0.3) is 0 Å². The molecular weight excluding hydrogens is 316 g/mol. The topological polar surface area (TPSA) is 74.6 Å². The van der Waals surface area contributed by atoms with Crippen LogP contribution in [0.3, 0.4) is 0 Å². The van der Waals surface area contributed by atoms with Crippen LogP contribution in [0.4, 0.5) is 0 Å². The highest BCUT2D eigenvalue weighted by molar-refractivity contribution is 6.01. The molecule has 0 radical (unpaired) electrons. The summed E-state index contributed by atoms with van der Waals surface area (Å²) in [5.74, 6) is 0.734. The molecule has 0 aromatic rings. The molecule has 0 bridgehead atoms. The van der Waals surface area contributed by atoms with Gasteiger partial charge in [0.15, 0.2) is 11.6 Å². The van der Waals surface area contributed by atoms with Crippen LogP contribution in [0.5, 0.6) is 0 Å². The second-order valence-corrected chi connectivity index (χ2v) is 9.05. The predicted octanol–water partition coefficient (Wildman–Crippen LogP) is 2.44. The molecule has 0 saturated heterocycles. The van der Waals surface area contributed by atoms with Gasteiger partial charge >= 0.3 is 0 Å². The molecule has 4 aliphatic carbocycles. The predicted molar refractivity (Wildman–Crippen MR) is 93.6 cm³/mol. The SMILES string of the molecule is C[C@]12C=CC(=O)C=C1CC[C@@H]1[C@@H]2[C@@H](O)C[C@]2(C)C(C(=O)CO)CC[C@@H]12. The first-order chi connectivity index (χ1) is 11.8. The quantitative estimate of drug-likeness (QED) is 0.807. The van der Waals surface area contributed by atoms with Crippen molar-refractivity contribution < 1.29 is 19.8 Å². The highest BCUT2D eigenvalue weighted by Crippen LogP contribution is 2.65. The molecule has 7 atom stereocenters. The zero-order valence-corrected chi connectivity index (χ0v) is 15.1. The number of Topliss-reactive ketones (excluding diaryl/α,β-unsaturated/α-hetero) is 1. The molecule has 0 aliphatic heterocycles. The van der Waals surface area contributed by atoms with Gasteiger partial charge < -0.3 is 10.2 Å². The van der Waals surface area contributed by atoms with Gasteiger partial charge in [-0.3, -0.25) is 9.59 Å². The van der Waals surface area contributed by atoms with Crippen molar-refractivity contribution in [1.29, 1.82) is 0 Å². The smallest absolute Gasteiger partial charge is 0.178 e. The van der Waals surface area contributed by atoms with E-state index in [2.05, 4.69) is 13.8 Å². The van der Waals surface area contributed by atoms with Crippen LogP contribution in [0, 0.1) is 34.5 Å². The van der Waals surface area contributed by atoms with E-state index in [0.29, 0.717) is 18.3 Å². The Morgan fingerprint density at radius 3 is 2.76 bits per heavy atom. The van der Waals surface area contributed by atoms with Crippen LogP contribution in [0.1, 0.15) is 46.0 Å². The molecule has 4 nitrogen and oxygen atoms in total. The Labute approximate surface area is 149 Å². The molecule has 4 rings (SSSR count). The van der Waals surface area contributed by atoms with Gasteiger partial charge in [0.25, 0.3) is 0 Å². The molecule has 0 spiro atoms. The van der Waals surface area contributed by atoms with E-state index in [4.69, 9.17) is 0 Å². The molecule has 25 heavy (non-hydrogen) atoms. The van der Waals surface area contributed by atoms with Crippen LogP contribution in [0.15, 0.2) is 23.8 Å². The Morgan fingerprint density at radius 2 is 2.04 bits per heavy atom. The summed E-state index contributed by atoms with van der Waals surface area (Å²) in [5, 5.41) is 20.5. The van der Waals surface area contributed by atoms with E-state index in [1.54, 1.807) is 12.2 Å². The van der Waals surface area contributed by atoms with Crippen LogP contribution in [0.2, 0.25) is 0 Å². The third kappa shape index (κ3) is 2.26. The minimum absolute atomic E-state index is 0.0514. The average molecular weight is 344 g/mol. The van der Waals surface area contributed by atoms with Gasteiger partial charge in [-0.15, -0.1) is 0 Å². The molecular formula is C21H28O4. The molecule has 0 aromatic heterocycles. The molecule has 2 N–H and O–H groups in total. The van der Waals surface area contributed by atoms with E-state index in [0.717, 1.165) is 31.3 Å². The zero-order valence-electron chi connectivity index (χ0n) is 15.1. The molecule has 136 valence electrons. The summed E-state index contributed by atoms with van der Waals surface area (Å²) < 4.78 is 0. The number of hydrogen-bond acceptors (Lipinski definition) is 4. The summed E-state index contributed by atoms with van der Waals surface area (Å²) in [6.07, 6.45) is 9.25. The third-order valence-electron chi connectivity index (χ3n) is 8.04. The number of rotatable bonds is 2. The van der Waals surface area contributed by atoms with E-state index < -0.39 is 12.7 Å². The molecule has 4 aliphatic rings. The van der Waals surface area contributed by atoms with Gasteiger partial charge in [-0.25, -0.2) is 0 Å². The molecule has 0 heterocycles. The maximum absolute atomic E-state index is 12.3. The maximum atomic E-state index is 12.3. The Kier molecular flexibility index (Phi) is 3.86. The number of allylic oxidation sites excluding steroid dienone is 4. The Balaban J connectivity index is 1.71. The van der Waals surface area contributed by atoms with Gasteiger partial charge in [0.05, 0.1) is 6.10 Å². The van der Waals surface area contributed by atoms with E-state index in [9.17, 15) is 19.8 Å². The number of aliphatic hydroxyl groups excluding tert-OH is 2. The van der Waals surface area contributed by atoms with Crippen molar-refractivity contribution in [2.75, 3.05) is 6.61 Å². The molecule has 3 saturated carbocycles. The van der Waals surface area contributed by atoms with Crippen molar-refractivity contribution in [3.8, 4) is 0 Å². The molecule has 3 fully saturated rings. The number of carbonyl (C=O) groups is 2. The van der Waals surface area contributed by atoms with Crippen molar-refractivity contribution in [3.63, 3.8) is 0 Å². The minimum atomic E-state index is -0.482. The number of aliphatic hydroxyl groups is 2. The molecule has 1 unspecified atom stereocenters. The highest BCUT2D eigenvalue weighted by atomic mass is 16.3. The lowest BCUT2D eigenvalue weighted by molar-refractivity contribution is -0.141. The summed E-state index contributed by atoms with van der Waals surface area (Å²) in [7, 11) is 0. The number of carbonyl (C=O) groups excluding carboxylic acids is 2. The van der Waals surface area contributed by atoms with E-state index in [-0.39, 0.29) is 34.2 Å². The summed E-state index contributed by atoms with van der Waals surface area (Å²) in [6.45, 7) is 3.92. The zero-order chi connectivity index (χ0) is 18.0. The third-order valence-corrected chi connectivity index (χ3v) is 8.04. The Bertz CT molecular complexity index is 677. The number of hydrogen-bond donors (Lipinski definition) is 2. The maximum Gasteiger partial charge on any atom is 0.178 e. The second kappa shape index (κ2) is 5.62. The highest BCUT2D eigenvalue weighted by Gasteiger charge is 2.62. The standard InChI is InChI=1S/C21H28O4/c1-20-8-7-13(23)9-12(20)3-4-14-15-5-6-16(18(25)11-22)21(15,2)10-17(24)19(14)20/h7-9,14-17,19,22,24H,3-6,10-11H2,1-2H3/t14-,15-,16?,17-,19+,20-,21-/m0/s1. The van der Waals surface area contributed by atoms with Gasteiger partial charge in [-0.1, -0.05) is 25.5 Å². The first-order valence-electron chi connectivity index (χ1n) is 9.57. The van der Waals surface area contributed by atoms with Crippen LogP contribution >= 0.6 is 0 Å². The first kappa shape index (κ1) is 17.2. The lowest BCUT2D eigenvalue weighted by Gasteiger charge is -2.58. The summed E-state index contributed by atoms with van der Waals surface area (Å²) in [6, 6.07) is 0. The van der Waals surface area contributed by atoms with Crippen LogP contribution < -0.4 is 0 Å². The number of fused-ring (bicyclic) bond motifs is 5. The Morgan fingerprint density at radius 1 is 1.28 bits per heavy atom. The van der Waals surface area contributed by atoms with Gasteiger partial charge in [-0.2, -0.15) is 0 Å². The van der Waals surface area contributed by atoms with Crippen LogP contribution in [-0.4, -0.2) is 34.5 Å². The summed E-state index contributed by atoms with van der Waals surface area (Å²) in [5.41, 5.74) is 0.688. The van der Waals surface area contributed by atoms with Crippen molar-refractivity contribution in [1.82, 2.24) is 0 Å². The van der Waals surface area contributed by atoms with Gasteiger partial charge in [0.2, 0.25) is 0 Å². The van der Waals surface area contributed by atoms with Gasteiger partial charge in [-0.05, 0) is 61.5 Å². The summed E-state index contributed by atoms with van der Waals surface area (Å²) in [4.78, 5) is 24.1. The van der Waals surface area contributed by atoms with Crippen molar-refractivity contribution in [2.45, 2.75) is 52.1 Å². The molecule has 4 heteroatoms. The molecule has 0 aromatic carbocycles. The fourth-order valence-electron chi connectivity index (χ4n) is 6.96. The summed E-state index contributed by atoms with van der Waals surface area (Å²) >= 11 is 0. The Hall–Kier alpha value is -1.26. The van der Waals surface area contributed by atoms with Crippen molar-refractivity contribution in [2.24, 2.45) is 34.5 Å². The average Bonchev–Trinajstić information content (AvgIpc) is 2.91. The lowest BCUT2D eigenvalue weighted by Crippen LogP contribution is -2.56. The van der Waals surface area contributed by atoms with Gasteiger partial charge in [0.1, 0.15) is 6.61 Å². The van der Waals surface area contributed by atoms with Crippen molar-refractivity contribution >= 4 is 11.6 Å². The molecule has 0 amide bonds. The van der Waals surface area contributed by atoms with Crippen LogP contribution in [-0.2, 0) is 9.59 Å². The van der Waals surface area contributed by atoms with E-state index in [1.165, 1.54) is 0 Å². The minimum Gasteiger partial charge on any atom is -0.393 e. The fourth-order valence-corrected chi connectivity index (χ4v) is 6.96. The van der Waals surface area contributed by atoms with Gasteiger partial charge in [0, 0.05) is 17.3 Å². The first-order valence-corrected chi connectivity index (χ1v) is 9.57. The normalized spacial score (nSPS) is 48.4.